The highest BCUT2D eigenvalue weighted by Crippen LogP contribution is 2.33. The number of hydrogen-bond acceptors (Lipinski definition) is 4. The van der Waals surface area contributed by atoms with Crippen molar-refractivity contribution in [3.63, 3.8) is 0 Å². The number of rotatable bonds is 7. The summed E-state index contributed by atoms with van der Waals surface area (Å²) in [6.45, 7) is 0.575. The van der Waals surface area contributed by atoms with Crippen molar-refractivity contribution >= 4 is 11.6 Å². The Bertz CT molecular complexity index is 381. The summed E-state index contributed by atoms with van der Waals surface area (Å²) in [5, 5.41) is 9.67. The van der Waals surface area contributed by atoms with Crippen molar-refractivity contribution in [1.82, 2.24) is 0 Å². The normalized spacial score (nSPS) is 12.3. The molecule has 5 heteroatoms. The van der Waals surface area contributed by atoms with Crippen molar-refractivity contribution in [2.45, 2.75) is 12.8 Å². The van der Waals surface area contributed by atoms with Crippen LogP contribution in [0, 0.1) is 5.92 Å². The third-order valence-electron chi connectivity index (χ3n) is 2.97. The van der Waals surface area contributed by atoms with Crippen LogP contribution in [-0.2, 0) is 6.42 Å². The topological polar surface area (TPSA) is 64.7 Å². The van der Waals surface area contributed by atoms with E-state index in [1.165, 1.54) is 0 Å². The van der Waals surface area contributed by atoms with Crippen molar-refractivity contribution in [2.24, 2.45) is 11.7 Å². The monoisotopic (exact) mass is 273 g/mol. The number of benzene rings is 1. The SMILES string of the molecule is COc1cc(OC)c(CCC(CN)CO)cc1Cl. The van der Waals surface area contributed by atoms with E-state index in [0.29, 0.717) is 17.3 Å². The number of hydrogen-bond donors (Lipinski definition) is 2. The van der Waals surface area contributed by atoms with E-state index in [1.54, 1.807) is 20.3 Å². The molecule has 0 saturated heterocycles. The third-order valence-corrected chi connectivity index (χ3v) is 3.26. The summed E-state index contributed by atoms with van der Waals surface area (Å²) in [5.74, 6) is 1.44. The van der Waals surface area contributed by atoms with Crippen LogP contribution >= 0.6 is 11.6 Å². The first kappa shape index (κ1) is 15.1. The van der Waals surface area contributed by atoms with E-state index in [1.807, 2.05) is 6.07 Å². The van der Waals surface area contributed by atoms with Crippen molar-refractivity contribution in [1.29, 1.82) is 0 Å². The van der Waals surface area contributed by atoms with Crippen LogP contribution in [0.1, 0.15) is 12.0 Å². The van der Waals surface area contributed by atoms with Gasteiger partial charge in [-0.1, -0.05) is 11.6 Å². The van der Waals surface area contributed by atoms with Crippen molar-refractivity contribution in [3.8, 4) is 11.5 Å². The Morgan fingerprint density at radius 1 is 1.28 bits per heavy atom. The van der Waals surface area contributed by atoms with E-state index in [4.69, 9.17) is 31.9 Å². The van der Waals surface area contributed by atoms with Gasteiger partial charge < -0.3 is 20.3 Å². The molecule has 0 fully saturated rings. The Hall–Kier alpha value is -0.970. The minimum Gasteiger partial charge on any atom is -0.496 e. The van der Waals surface area contributed by atoms with Crippen LogP contribution in [0.25, 0.3) is 0 Å². The first-order valence-corrected chi connectivity index (χ1v) is 6.25. The first-order chi connectivity index (χ1) is 8.65. The fraction of sp³-hybridized carbons (Fsp3) is 0.538. The minimum atomic E-state index is 0.0999. The molecule has 0 bridgehead atoms. The number of aliphatic hydroxyl groups is 1. The van der Waals surface area contributed by atoms with Crippen LogP contribution in [0.5, 0.6) is 11.5 Å². The summed E-state index contributed by atoms with van der Waals surface area (Å²) in [6.07, 6.45) is 1.56. The predicted molar refractivity (Wildman–Crippen MR) is 72.5 cm³/mol. The van der Waals surface area contributed by atoms with Crippen LogP contribution in [0.3, 0.4) is 0 Å². The summed E-state index contributed by atoms with van der Waals surface area (Å²) in [7, 11) is 3.18. The summed E-state index contributed by atoms with van der Waals surface area (Å²) < 4.78 is 10.4. The summed E-state index contributed by atoms with van der Waals surface area (Å²) >= 11 is 6.09. The van der Waals surface area contributed by atoms with Gasteiger partial charge in [0.25, 0.3) is 0 Å². The molecule has 4 nitrogen and oxygen atoms in total. The Morgan fingerprint density at radius 3 is 2.44 bits per heavy atom. The lowest BCUT2D eigenvalue weighted by atomic mass is 9.99. The van der Waals surface area contributed by atoms with Gasteiger partial charge in [0.2, 0.25) is 0 Å². The van der Waals surface area contributed by atoms with E-state index in [9.17, 15) is 0 Å². The fourth-order valence-corrected chi connectivity index (χ4v) is 2.02. The maximum absolute atomic E-state index is 9.11. The average Bonchev–Trinajstić information content (AvgIpc) is 2.40. The molecule has 0 radical (unpaired) electrons. The molecule has 102 valence electrons. The summed E-state index contributed by atoms with van der Waals surface area (Å²) in [5.41, 5.74) is 6.55. The van der Waals surface area contributed by atoms with Gasteiger partial charge in [0, 0.05) is 12.7 Å². The molecule has 0 saturated carbocycles. The number of nitrogens with two attached hydrogens (primary N) is 1. The molecule has 0 aliphatic heterocycles. The molecule has 0 aromatic heterocycles. The number of aryl methyl sites for hydroxylation is 1. The molecule has 1 atom stereocenters. The Morgan fingerprint density at radius 2 is 1.94 bits per heavy atom. The average molecular weight is 274 g/mol. The van der Waals surface area contributed by atoms with Crippen LogP contribution in [0.2, 0.25) is 5.02 Å². The zero-order valence-electron chi connectivity index (χ0n) is 10.8. The zero-order valence-corrected chi connectivity index (χ0v) is 11.5. The summed E-state index contributed by atoms with van der Waals surface area (Å²) in [6, 6.07) is 3.61. The predicted octanol–water partition coefficient (Wildman–Crippen LogP) is 1.86. The van der Waals surface area contributed by atoms with Crippen molar-refractivity contribution in [3.05, 3.63) is 22.7 Å². The second-order valence-corrected chi connectivity index (χ2v) is 4.53. The number of ether oxygens (including phenoxy) is 2. The molecule has 0 aliphatic carbocycles. The standard InChI is InChI=1S/C13H20ClNO3/c1-17-12-6-13(18-2)11(14)5-10(12)4-3-9(7-15)8-16/h5-6,9,16H,3-4,7-8,15H2,1-2H3. The Kier molecular flexibility index (Phi) is 6.25. The molecule has 1 aromatic rings. The van der Waals surface area contributed by atoms with Crippen LogP contribution in [0.15, 0.2) is 12.1 Å². The van der Waals surface area contributed by atoms with Gasteiger partial charge in [0.1, 0.15) is 11.5 Å². The highest BCUT2D eigenvalue weighted by Gasteiger charge is 2.12. The molecule has 1 rings (SSSR count). The molecule has 0 amide bonds. The van der Waals surface area contributed by atoms with Crippen LogP contribution in [-0.4, -0.2) is 32.5 Å². The number of methoxy groups -OCH3 is 2. The lowest BCUT2D eigenvalue weighted by molar-refractivity contribution is 0.223. The van der Waals surface area contributed by atoms with Crippen molar-refractivity contribution < 1.29 is 14.6 Å². The maximum Gasteiger partial charge on any atom is 0.141 e. The third kappa shape index (κ3) is 3.77. The van der Waals surface area contributed by atoms with Gasteiger partial charge in [0.05, 0.1) is 19.2 Å². The van der Waals surface area contributed by atoms with Crippen molar-refractivity contribution in [2.75, 3.05) is 27.4 Å². The second kappa shape index (κ2) is 7.46. The molecule has 1 unspecified atom stereocenters. The van der Waals surface area contributed by atoms with Crippen LogP contribution < -0.4 is 15.2 Å². The van der Waals surface area contributed by atoms with E-state index >= 15 is 0 Å². The number of aliphatic hydroxyl groups excluding tert-OH is 1. The van der Waals surface area contributed by atoms with Gasteiger partial charge in [-0.15, -0.1) is 0 Å². The molecular formula is C13H20ClNO3. The van der Waals surface area contributed by atoms with Gasteiger partial charge in [-0.3, -0.25) is 0 Å². The maximum atomic E-state index is 9.11. The second-order valence-electron chi connectivity index (χ2n) is 4.12. The van der Waals surface area contributed by atoms with Gasteiger partial charge >= 0.3 is 0 Å². The highest BCUT2D eigenvalue weighted by molar-refractivity contribution is 6.32. The van der Waals surface area contributed by atoms with E-state index < -0.39 is 0 Å². The molecule has 0 aliphatic rings. The molecule has 1 aromatic carbocycles. The van der Waals surface area contributed by atoms with Gasteiger partial charge in [-0.2, -0.15) is 0 Å². The van der Waals surface area contributed by atoms with E-state index in [0.717, 1.165) is 24.2 Å². The van der Waals surface area contributed by atoms with Crippen LogP contribution in [0.4, 0.5) is 0 Å². The minimum absolute atomic E-state index is 0.0999. The molecule has 3 N–H and O–H groups in total. The van der Waals surface area contributed by atoms with E-state index in [-0.39, 0.29) is 12.5 Å². The highest BCUT2D eigenvalue weighted by atomic mass is 35.5. The lowest BCUT2D eigenvalue weighted by Gasteiger charge is -2.15. The van der Waals surface area contributed by atoms with Gasteiger partial charge in [-0.25, -0.2) is 0 Å². The summed E-state index contributed by atoms with van der Waals surface area (Å²) in [4.78, 5) is 0. The first-order valence-electron chi connectivity index (χ1n) is 5.87. The lowest BCUT2D eigenvalue weighted by Crippen LogP contribution is -2.18. The largest absolute Gasteiger partial charge is 0.496 e. The molecule has 18 heavy (non-hydrogen) atoms. The van der Waals surface area contributed by atoms with Gasteiger partial charge in [-0.05, 0) is 36.9 Å². The quantitative estimate of drug-likeness (QED) is 0.796. The number of halogens is 1. The smallest absolute Gasteiger partial charge is 0.141 e. The Balaban J connectivity index is 2.84. The van der Waals surface area contributed by atoms with Gasteiger partial charge in [0.15, 0.2) is 0 Å². The van der Waals surface area contributed by atoms with E-state index in [2.05, 4.69) is 0 Å². The molecule has 0 heterocycles. The molecular weight excluding hydrogens is 254 g/mol. The zero-order chi connectivity index (χ0) is 13.5. The molecule has 0 spiro atoms. The fourth-order valence-electron chi connectivity index (χ4n) is 1.76. The Labute approximate surface area is 113 Å².